The van der Waals surface area contributed by atoms with Gasteiger partial charge in [-0.05, 0) is 24.3 Å². The molecule has 1 aliphatic rings. The number of aromatic nitrogens is 1. The van der Waals surface area contributed by atoms with Gasteiger partial charge in [-0.3, -0.25) is 9.79 Å². The molecule has 4 rings (SSSR count). The van der Waals surface area contributed by atoms with Gasteiger partial charge in [-0.25, -0.2) is 0 Å². The number of fused-ring (bicyclic) bond motifs is 1. The number of benzene rings is 2. The highest BCUT2D eigenvalue weighted by molar-refractivity contribution is 8.14. The van der Waals surface area contributed by atoms with Gasteiger partial charge in [0.2, 0.25) is 5.75 Å². The fraction of sp³-hybridized carbons (Fsp3) is 0.238. The topological polar surface area (TPSA) is 72.9 Å². The highest BCUT2D eigenvalue weighted by atomic mass is 32.2. The smallest absolute Gasteiger partial charge is 0.203 e. The maximum absolute atomic E-state index is 13.1. The van der Waals surface area contributed by atoms with Crippen molar-refractivity contribution in [3.8, 4) is 17.2 Å². The lowest BCUT2D eigenvalue weighted by Crippen LogP contribution is -2.19. The molecule has 0 saturated heterocycles. The summed E-state index contributed by atoms with van der Waals surface area (Å²) in [5.74, 6) is 1.91. The number of H-pyrrole nitrogens is 1. The van der Waals surface area contributed by atoms with Crippen LogP contribution in [0.2, 0.25) is 0 Å². The fourth-order valence-electron chi connectivity index (χ4n) is 3.34. The van der Waals surface area contributed by atoms with Gasteiger partial charge in [-0.15, -0.1) is 11.8 Å². The number of thioether (sulfide) groups is 1. The number of hydrogen-bond donors (Lipinski definition) is 1. The zero-order valence-corrected chi connectivity index (χ0v) is 16.6. The van der Waals surface area contributed by atoms with Gasteiger partial charge in [0.15, 0.2) is 17.3 Å². The van der Waals surface area contributed by atoms with E-state index in [9.17, 15) is 4.79 Å². The van der Waals surface area contributed by atoms with Gasteiger partial charge >= 0.3 is 0 Å². The zero-order chi connectivity index (χ0) is 19.7. The minimum Gasteiger partial charge on any atom is -0.493 e. The normalized spacial score (nSPS) is 16.1. The number of nitrogens with zero attached hydrogens (tertiary/aromatic N) is 1. The lowest BCUT2D eigenvalue weighted by molar-refractivity contribution is 0.0971. The summed E-state index contributed by atoms with van der Waals surface area (Å²) < 4.78 is 16.1. The third-order valence-corrected chi connectivity index (χ3v) is 5.81. The number of hydrogen-bond acceptors (Lipinski definition) is 6. The Labute approximate surface area is 166 Å². The molecule has 0 fully saturated rings. The molecule has 0 amide bonds. The quantitative estimate of drug-likeness (QED) is 0.639. The van der Waals surface area contributed by atoms with Crippen LogP contribution >= 0.6 is 11.8 Å². The standard InChI is InChI=1S/C21H20N2O4S/c1-25-17-9-12(10-18(26-2)20(17)27-3)19(24)16-11-28-21(23-16)14-5-4-6-15-13(14)7-8-22-15/h4-10,16,22H,11H2,1-3H3. The molecule has 1 aromatic heterocycles. The Bertz CT molecular complexity index is 1050. The second kappa shape index (κ2) is 7.59. The summed E-state index contributed by atoms with van der Waals surface area (Å²) in [6, 6.07) is 11.0. The minimum absolute atomic E-state index is 0.0667. The average molecular weight is 396 g/mol. The third kappa shape index (κ3) is 3.11. The van der Waals surface area contributed by atoms with Gasteiger partial charge in [0, 0.05) is 34.0 Å². The number of nitrogens with one attached hydrogen (secondary N) is 1. The maximum atomic E-state index is 13.1. The molecule has 1 atom stereocenters. The third-order valence-electron chi connectivity index (χ3n) is 4.73. The zero-order valence-electron chi connectivity index (χ0n) is 15.8. The molecule has 6 nitrogen and oxygen atoms in total. The number of rotatable bonds is 6. The van der Waals surface area contributed by atoms with E-state index in [-0.39, 0.29) is 5.78 Å². The maximum Gasteiger partial charge on any atom is 0.203 e. The van der Waals surface area contributed by atoms with Crippen LogP contribution in [-0.4, -0.2) is 48.9 Å². The Hall–Kier alpha value is -2.93. The van der Waals surface area contributed by atoms with Crippen LogP contribution in [0, 0.1) is 0 Å². The highest BCUT2D eigenvalue weighted by Gasteiger charge is 2.29. The molecule has 0 spiro atoms. The van der Waals surface area contributed by atoms with Crippen LogP contribution in [0.3, 0.4) is 0 Å². The van der Waals surface area contributed by atoms with E-state index in [2.05, 4.69) is 4.98 Å². The molecule has 2 aromatic carbocycles. The van der Waals surface area contributed by atoms with Crippen molar-refractivity contribution in [1.82, 2.24) is 4.98 Å². The van der Waals surface area contributed by atoms with Crippen molar-refractivity contribution in [3.63, 3.8) is 0 Å². The molecule has 144 valence electrons. The summed E-state index contributed by atoms with van der Waals surface area (Å²) in [4.78, 5) is 21.0. The highest BCUT2D eigenvalue weighted by Crippen LogP contribution is 2.39. The summed E-state index contributed by atoms with van der Waals surface area (Å²) in [6.45, 7) is 0. The summed E-state index contributed by atoms with van der Waals surface area (Å²) in [5.41, 5.74) is 2.59. The van der Waals surface area contributed by atoms with E-state index < -0.39 is 6.04 Å². The van der Waals surface area contributed by atoms with E-state index in [4.69, 9.17) is 19.2 Å². The first-order chi connectivity index (χ1) is 13.7. The molecule has 1 aliphatic heterocycles. The lowest BCUT2D eigenvalue weighted by atomic mass is 10.0. The van der Waals surface area contributed by atoms with Gasteiger partial charge in [0.1, 0.15) is 6.04 Å². The summed E-state index contributed by atoms with van der Waals surface area (Å²) in [5, 5.41) is 1.99. The van der Waals surface area contributed by atoms with E-state index in [0.717, 1.165) is 21.5 Å². The fourth-order valence-corrected chi connectivity index (χ4v) is 4.42. The van der Waals surface area contributed by atoms with E-state index in [1.807, 2.05) is 30.5 Å². The van der Waals surface area contributed by atoms with Gasteiger partial charge in [-0.1, -0.05) is 12.1 Å². The van der Waals surface area contributed by atoms with Crippen LogP contribution in [0.25, 0.3) is 10.9 Å². The van der Waals surface area contributed by atoms with Crippen molar-refractivity contribution < 1.29 is 19.0 Å². The summed E-state index contributed by atoms with van der Waals surface area (Å²) in [7, 11) is 4.60. The number of Topliss-reactive ketones (excluding diaryl/α,β-unsaturated/α-hetero) is 1. The molecule has 28 heavy (non-hydrogen) atoms. The minimum atomic E-state index is -0.447. The Morgan fingerprint density at radius 3 is 2.54 bits per heavy atom. The number of ketones is 1. The Morgan fingerprint density at radius 2 is 1.86 bits per heavy atom. The van der Waals surface area contributed by atoms with Crippen LogP contribution in [0.1, 0.15) is 15.9 Å². The van der Waals surface area contributed by atoms with Gasteiger partial charge < -0.3 is 19.2 Å². The lowest BCUT2D eigenvalue weighted by Gasteiger charge is -2.14. The van der Waals surface area contributed by atoms with Crippen LogP contribution in [-0.2, 0) is 0 Å². The first kappa shape index (κ1) is 18.4. The van der Waals surface area contributed by atoms with Crippen molar-refractivity contribution in [3.05, 3.63) is 53.7 Å². The Kier molecular flexibility index (Phi) is 5.00. The summed E-state index contributed by atoms with van der Waals surface area (Å²) in [6.07, 6.45) is 1.91. The van der Waals surface area contributed by atoms with Crippen molar-refractivity contribution >= 4 is 33.5 Å². The molecular weight excluding hydrogens is 376 g/mol. The molecular formula is C21H20N2O4S. The van der Waals surface area contributed by atoms with E-state index >= 15 is 0 Å². The number of carbonyl (C=O) groups is 1. The predicted molar refractivity (Wildman–Crippen MR) is 112 cm³/mol. The van der Waals surface area contributed by atoms with Crippen molar-refractivity contribution in [2.24, 2.45) is 4.99 Å². The molecule has 1 unspecified atom stereocenters. The van der Waals surface area contributed by atoms with E-state index in [0.29, 0.717) is 28.6 Å². The second-order valence-corrected chi connectivity index (χ2v) is 7.29. The van der Waals surface area contributed by atoms with Crippen LogP contribution in [0.15, 0.2) is 47.6 Å². The SMILES string of the molecule is COc1cc(C(=O)C2CSC(c3cccc4[nH]ccc34)=N2)cc(OC)c1OC. The second-order valence-electron chi connectivity index (χ2n) is 6.28. The molecule has 0 aliphatic carbocycles. The summed E-state index contributed by atoms with van der Waals surface area (Å²) >= 11 is 1.60. The van der Waals surface area contributed by atoms with Gasteiger partial charge in [-0.2, -0.15) is 0 Å². The molecule has 1 N–H and O–H groups in total. The molecule has 0 saturated carbocycles. The van der Waals surface area contributed by atoms with Crippen LogP contribution in [0.5, 0.6) is 17.2 Å². The van der Waals surface area contributed by atoms with E-state index in [1.54, 1.807) is 23.9 Å². The number of aliphatic imine (C=N–C) groups is 1. The van der Waals surface area contributed by atoms with Gasteiger partial charge in [0.05, 0.1) is 26.4 Å². The molecule has 7 heteroatoms. The number of aromatic amines is 1. The first-order valence-corrected chi connectivity index (χ1v) is 9.76. The molecule has 0 bridgehead atoms. The monoisotopic (exact) mass is 396 g/mol. The van der Waals surface area contributed by atoms with Crippen molar-refractivity contribution in [2.75, 3.05) is 27.1 Å². The van der Waals surface area contributed by atoms with Crippen LogP contribution in [0.4, 0.5) is 0 Å². The number of carbonyl (C=O) groups excluding carboxylic acids is 1. The molecule has 3 aromatic rings. The Balaban J connectivity index is 1.67. The average Bonchev–Trinajstić information content (AvgIpc) is 3.41. The van der Waals surface area contributed by atoms with E-state index in [1.165, 1.54) is 21.3 Å². The first-order valence-electron chi connectivity index (χ1n) is 8.77. The number of ether oxygens (including phenoxy) is 3. The van der Waals surface area contributed by atoms with Crippen LogP contribution < -0.4 is 14.2 Å². The number of methoxy groups -OCH3 is 3. The predicted octanol–water partition coefficient (Wildman–Crippen LogP) is 3.94. The molecule has 2 heterocycles. The molecule has 0 radical (unpaired) electrons. The van der Waals surface area contributed by atoms with Crippen molar-refractivity contribution in [1.29, 1.82) is 0 Å². The van der Waals surface area contributed by atoms with Crippen molar-refractivity contribution in [2.45, 2.75) is 6.04 Å². The van der Waals surface area contributed by atoms with Gasteiger partial charge in [0.25, 0.3) is 0 Å². The largest absolute Gasteiger partial charge is 0.493 e. The Morgan fingerprint density at radius 1 is 1.11 bits per heavy atom.